The first kappa shape index (κ1) is 18.2. The van der Waals surface area contributed by atoms with Crippen LogP contribution in [0.25, 0.3) is 0 Å². The average Bonchev–Trinajstić information content (AvgIpc) is 3.31. The molecular weight excluding hydrogens is 376 g/mol. The number of nitrogens with two attached hydrogens (primary N) is 1. The fourth-order valence-corrected chi connectivity index (χ4v) is 3.42. The molecule has 0 bridgehead atoms. The Bertz CT molecular complexity index is 1020. The number of benzene rings is 2. The van der Waals surface area contributed by atoms with Gasteiger partial charge >= 0.3 is 0 Å². The summed E-state index contributed by atoms with van der Waals surface area (Å²) in [6.45, 7) is 4.19. The lowest BCUT2D eigenvalue weighted by atomic mass is 10.1. The number of aromatic nitrogens is 3. The van der Waals surface area contributed by atoms with Crippen LogP contribution in [0, 0.1) is 6.92 Å². The molecule has 9 heteroatoms. The maximum atomic E-state index is 6.09. The highest BCUT2D eigenvalue weighted by atomic mass is 32.2. The Morgan fingerprint density at radius 1 is 1.18 bits per heavy atom. The van der Waals surface area contributed by atoms with Gasteiger partial charge in [-0.3, -0.25) is 0 Å². The number of nitrogens with one attached hydrogen (secondary N) is 1. The zero-order valence-corrected chi connectivity index (χ0v) is 16.4. The Kier molecular flexibility index (Phi) is 5.07. The van der Waals surface area contributed by atoms with Crippen LogP contribution in [0.15, 0.2) is 52.7 Å². The first-order valence-electron chi connectivity index (χ1n) is 8.69. The molecule has 4 rings (SSSR count). The highest BCUT2D eigenvalue weighted by Gasteiger charge is 2.14. The molecule has 0 atom stereocenters. The molecule has 1 aliphatic rings. The summed E-state index contributed by atoms with van der Waals surface area (Å²) in [5.74, 6) is 8.67. The van der Waals surface area contributed by atoms with Gasteiger partial charge in [0.2, 0.25) is 11.9 Å². The molecule has 3 N–H and O–H groups in total. The van der Waals surface area contributed by atoms with Crippen LogP contribution in [0.1, 0.15) is 23.6 Å². The number of ether oxygens (including phenoxy) is 2. The molecule has 0 unspecified atom stereocenters. The maximum absolute atomic E-state index is 6.09. The van der Waals surface area contributed by atoms with Gasteiger partial charge in [-0.25, -0.2) is 10.1 Å². The minimum absolute atomic E-state index is 0.243. The fourth-order valence-electron chi connectivity index (χ4n) is 2.60. The molecule has 0 spiro atoms. The van der Waals surface area contributed by atoms with Gasteiger partial charge in [-0.1, -0.05) is 41.6 Å². The second-order valence-corrected chi connectivity index (χ2v) is 7.27. The SMILES string of the molecule is C/C(=N\Nc1nnc(SCc2ccc(C)cc2)n1N)c1ccc2c(c1)OCO2. The van der Waals surface area contributed by atoms with Crippen LogP contribution in [0.5, 0.6) is 11.5 Å². The minimum Gasteiger partial charge on any atom is -0.454 e. The molecule has 28 heavy (non-hydrogen) atoms. The summed E-state index contributed by atoms with van der Waals surface area (Å²) in [5.41, 5.74) is 6.98. The highest BCUT2D eigenvalue weighted by Crippen LogP contribution is 2.32. The van der Waals surface area contributed by atoms with Gasteiger partial charge in [0.1, 0.15) is 0 Å². The van der Waals surface area contributed by atoms with Crippen molar-refractivity contribution >= 4 is 23.4 Å². The van der Waals surface area contributed by atoms with E-state index in [4.69, 9.17) is 15.3 Å². The molecule has 2 heterocycles. The molecule has 0 fully saturated rings. The van der Waals surface area contributed by atoms with Crippen LogP contribution < -0.4 is 20.7 Å². The van der Waals surface area contributed by atoms with Crippen molar-refractivity contribution < 1.29 is 9.47 Å². The van der Waals surface area contributed by atoms with E-state index in [1.807, 2.05) is 25.1 Å². The quantitative estimate of drug-likeness (QED) is 0.286. The topological polar surface area (TPSA) is 99.6 Å². The molecule has 144 valence electrons. The van der Waals surface area contributed by atoms with E-state index in [-0.39, 0.29) is 6.79 Å². The van der Waals surface area contributed by atoms with Crippen molar-refractivity contribution in [1.29, 1.82) is 0 Å². The summed E-state index contributed by atoms with van der Waals surface area (Å²) < 4.78 is 12.1. The van der Waals surface area contributed by atoms with E-state index in [0.29, 0.717) is 16.9 Å². The first-order valence-corrected chi connectivity index (χ1v) is 9.68. The molecular formula is C19H20N6O2S. The molecule has 2 aromatic carbocycles. The van der Waals surface area contributed by atoms with E-state index < -0.39 is 0 Å². The van der Waals surface area contributed by atoms with Crippen LogP contribution in [0.4, 0.5) is 5.95 Å². The number of aryl methyl sites for hydroxylation is 1. The van der Waals surface area contributed by atoms with E-state index >= 15 is 0 Å². The number of fused-ring (bicyclic) bond motifs is 1. The van der Waals surface area contributed by atoms with Gasteiger partial charge in [0.25, 0.3) is 5.95 Å². The predicted molar refractivity (Wildman–Crippen MR) is 109 cm³/mol. The second-order valence-electron chi connectivity index (χ2n) is 6.33. The average molecular weight is 396 g/mol. The van der Waals surface area contributed by atoms with E-state index in [9.17, 15) is 0 Å². The normalized spacial score (nSPS) is 13.0. The third-order valence-corrected chi connectivity index (χ3v) is 5.28. The smallest absolute Gasteiger partial charge is 0.264 e. The number of hydrogen-bond acceptors (Lipinski definition) is 8. The molecule has 0 aliphatic carbocycles. The first-order chi connectivity index (χ1) is 13.6. The number of nitrogens with zero attached hydrogens (tertiary/aromatic N) is 4. The van der Waals surface area contributed by atoms with Crippen molar-refractivity contribution in [2.24, 2.45) is 5.10 Å². The highest BCUT2D eigenvalue weighted by molar-refractivity contribution is 7.98. The molecule has 0 amide bonds. The Morgan fingerprint density at radius 2 is 1.96 bits per heavy atom. The Labute approximate surface area is 166 Å². The zero-order chi connectivity index (χ0) is 19.5. The lowest BCUT2D eigenvalue weighted by Gasteiger charge is -2.05. The molecule has 8 nitrogen and oxygen atoms in total. The number of anilines is 1. The number of nitrogen functional groups attached to an aromatic ring is 1. The van der Waals surface area contributed by atoms with E-state index in [1.54, 1.807) is 0 Å². The van der Waals surface area contributed by atoms with Gasteiger partial charge in [-0.2, -0.15) is 5.10 Å². The largest absolute Gasteiger partial charge is 0.454 e. The van der Waals surface area contributed by atoms with E-state index in [1.165, 1.54) is 27.6 Å². The van der Waals surface area contributed by atoms with Gasteiger partial charge in [0.05, 0.1) is 5.71 Å². The number of thioether (sulfide) groups is 1. The minimum atomic E-state index is 0.243. The van der Waals surface area contributed by atoms with Crippen molar-refractivity contribution in [3.63, 3.8) is 0 Å². The van der Waals surface area contributed by atoms with Gasteiger partial charge in [0, 0.05) is 11.3 Å². The third-order valence-electron chi connectivity index (χ3n) is 4.27. The molecule has 0 radical (unpaired) electrons. The summed E-state index contributed by atoms with van der Waals surface area (Å²) in [6, 6.07) is 14.0. The lowest BCUT2D eigenvalue weighted by Crippen LogP contribution is -2.13. The van der Waals surface area contributed by atoms with Crippen molar-refractivity contribution in [2.45, 2.75) is 24.8 Å². The van der Waals surface area contributed by atoms with Gasteiger partial charge in [-0.05, 0) is 37.6 Å². The number of hydrogen-bond donors (Lipinski definition) is 2. The standard InChI is InChI=1S/C19H20N6O2S/c1-12-3-5-14(6-4-12)10-28-19-24-23-18(25(19)20)22-21-13(2)15-7-8-16-17(9-15)27-11-26-16/h3-9H,10-11,20H2,1-2H3,(H,22,23)/b21-13+. The summed E-state index contributed by atoms with van der Waals surface area (Å²) >= 11 is 1.52. The summed E-state index contributed by atoms with van der Waals surface area (Å²) in [7, 11) is 0. The fraction of sp³-hybridized carbons (Fsp3) is 0.211. The number of rotatable bonds is 6. The molecule has 1 aliphatic heterocycles. The van der Waals surface area contributed by atoms with Crippen LogP contribution >= 0.6 is 11.8 Å². The lowest BCUT2D eigenvalue weighted by molar-refractivity contribution is 0.174. The Hall–Kier alpha value is -3.20. The molecule has 0 saturated heterocycles. The molecule has 0 saturated carbocycles. The van der Waals surface area contributed by atoms with Crippen LogP contribution in [-0.4, -0.2) is 27.4 Å². The monoisotopic (exact) mass is 396 g/mol. The van der Waals surface area contributed by atoms with Crippen molar-refractivity contribution in [3.05, 3.63) is 59.2 Å². The van der Waals surface area contributed by atoms with Crippen LogP contribution in [-0.2, 0) is 5.75 Å². The summed E-state index contributed by atoms with van der Waals surface area (Å²) in [4.78, 5) is 0. The van der Waals surface area contributed by atoms with Gasteiger partial charge in [-0.15, -0.1) is 10.2 Å². The van der Waals surface area contributed by atoms with Gasteiger partial charge < -0.3 is 15.3 Å². The van der Waals surface area contributed by atoms with Crippen molar-refractivity contribution in [3.8, 4) is 11.5 Å². The van der Waals surface area contributed by atoms with E-state index in [2.05, 4.69) is 51.9 Å². The summed E-state index contributed by atoms with van der Waals surface area (Å²) in [5, 5.41) is 13.2. The van der Waals surface area contributed by atoms with Gasteiger partial charge in [0.15, 0.2) is 11.5 Å². The Balaban J connectivity index is 1.41. The number of hydrazone groups is 1. The third kappa shape index (κ3) is 3.89. The van der Waals surface area contributed by atoms with Crippen molar-refractivity contribution in [1.82, 2.24) is 14.9 Å². The zero-order valence-electron chi connectivity index (χ0n) is 15.5. The molecule has 1 aromatic heterocycles. The van der Waals surface area contributed by atoms with Crippen molar-refractivity contribution in [2.75, 3.05) is 18.1 Å². The second kappa shape index (κ2) is 7.81. The molecule has 3 aromatic rings. The van der Waals surface area contributed by atoms with Crippen LogP contribution in [0.3, 0.4) is 0 Å². The summed E-state index contributed by atoms with van der Waals surface area (Å²) in [6.07, 6.45) is 0. The maximum Gasteiger partial charge on any atom is 0.264 e. The van der Waals surface area contributed by atoms with E-state index in [0.717, 1.165) is 22.8 Å². The van der Waals surface area contributed by atoms with Crippen LogP contribution in [0.2, 0.25) is 0 Å². The Morgan fingerprint density at radius 3 is 2.79 bits per heavy atom. The predicted octanol–water partition coefficient (Wildman–Crippen LogP) is 3.16.